The number of nitrogens with one attached hydrogen (secondary N) is 1. The van der Waals surface area contributed by atoms with Crippen molar-refractivity contribution in [3.63, 3.8) is 0 Å². The van der Waals surface area contributed by atoms with E-state index in [1.54, 1.807) is 18.2 Å². The van der Waals surface area contributed by atoms with Crippen LogP contribution in [0.3, 0.4) is 0 Å². The molecule has 182 valence electrons. The Morgan fingerprint density at radius 1 is 0.971 bits per heavy atom. The number of alkyl halides is 2. The summed E-state index contributed by atoms with van der Waals surface area (Å²) in [7, 11) is 1.44. The first kappa shape index (κ1) is 26.1. The molecule has 0 spiro atoms. The molecule has 0 aliphatic heterocycles. The second-order valence-corrected chi connectivity index (χ2v) is 10.7. The molecule has 3 aromatic rings. The van der Waals surface area contributed by atoms with Gasteiger partial charge in [0.25, 0.3) is 0 Å². The molecule has 0 heterocycles. The summed E-state index contributed by atoms with van der Waals surface area (Å²) < 4.78 is 16.9. The number of hydrogen-bond donors (Lipinski definition) is 1. The van der Waals surface area contributed by atoms with Gasteiger partial charge in [0.05, 0.1) is 28.1 Å². The predicted molar refractivity (Wildman–Crippen MR) is 138 cm³/mol. The normalized spacial score (nSPS) is 18.1. The maximum absolute atomic E-state index is 13.1. The lowest BCUT2D eigenvalue weighted by Gasteiger charge is -2.10. The van der Waals surface area contributed by atoms with Gasteiger partial charge in [-0.05, 0) is 53.6 Å². The fourth-order valence-corrected chi connectivity index (χ4v) is 5.65. The number of carbonyl (C=O) groups excluding carboxylic acids is 2. The first-order valence-corrected chi connectivity index (χ1v) is 12.2. The average molecular weight is 576 g/mol. The summed E-state index contributed by atoms with van der Waals surface area (Å²) >= 11 is 31.6. The zero-order chi connectivity index (χ0) is 25.5. The summed E-state index contributed by atoms with van der Waals surface area (Å²) in [6, 6.07) is 13.4. The van der Waals surface area contributed by atoms with Gasteiger partial charge < -0.3 is 10.1 Å². The maximum Gasteiger partial charge on any atom is 0.231 e. The van der Waals surface area contributed by atoms with Crippen LogP contribution in [0.25, 0.3) is 0 Å². The van der Waals surface area contributed by atoms with E-state index in [1.165, 1.54) is 43.5 Å². The van der Waals surface area contributed by atoms with Gasteiger partial charge in [-0.15, -0.1) is 23.2 Å². The van der Waals surface area contributed by atoms with Gasteiger partial charge in [0, 0.05) is 23.6 Å². The molecule has 3 aromatic carbocycles. The monoisotopic (exact) mass is 573 g/mol. The first-order chi connectivity index (χ1) is 16.5. The number of ether oxygens (including phenoxy) is 1. The van der Waals surface area contributed by atoms with Crippen LogP contribution in [0.2, 0.25) is 15.1 Å². The Hall–Kier alpha value is -2.02. The minimum atomic E-state index is -1.38. The van der Waals surface area contributed by atoms with E-state index in [0.717, 1.165) is 0 Å². The standard InChI is InChI=1S/C25H17Cl5FNO3/c1-35-23-18(27)9-13(10-19(23)28)21-22(25(21,29)30)24(34)32-15-6-7-17(26)16(11-15)20(33)8-12-2-4-14(31)5-3-12/h2-7,9-11,21-22H,8H2,1H3,(H,32,34). The highest BCUT2D eigenvalue weighted by atomic mass is 35.5. The zero-order valence-corrected chi connectivity index (χ0v) is 21.8. The van der Waals surface area contributed by atoms with E-state index in [4.69, 9.17) is 62.7 Å². The second-order valence-electron chi connectivity index (χ2n) is 8.06. The van der Waals surface area contributed by atoms with E-state index in [-0.39, 0.29) is 32.8 Å². The highest BCUT2D eigenvalue weighted by molar-refractivity contribution is 6.53. The molecule has 0 bridgehead atoms. The largest absolute Gasteiger partial charge is 0.494 e. The van der Waals surface area contributed by atoms with Crippen LogP contribution < -0.4 is 10.1 Å². The third kappa shape index (κ3) is 5.40. The number of halogens is 6. The predicted octanol–water partition coefficient (Wildman–Crippen LogP) is 7.75. The van der Waals surface area contributed by atoms with E-state index in [0.29, 0.717) is 22.6 Å². The fourth-order valence-electron chi connectivity index (χ4n) is 3.94. The third-order valence-electron chi connectivity index (χ3n) is 5.73. The Kier molecular flexibility index (Phi) is 7.56. The number of amides is 1. The van der Waals surface area contributed by atoms with Crippen LogP contribution in [0, 0.1) is 11.7 Å². The number of benzene rings is 3. The number of carbonyl (C=O) groups is 2. The van der Waals surface area contributed by atoms with Crippen LogP contribution in [-0.4, -0.2) is 23.1 Å². The number of methoxy groups -OCH3 is 1. The first-order valence-electron chi connectivity index (χ1n) is 10.3. The van der Waals surface area contributed by atoms with Crippen molar-refractivity contribution in [2.45, 2.75) is 16.7 Å². The fraction of sp³-hybridized carbons (Fsp3) is 0.200. The minimum Gasteiger partial charge on any atom is -0.494 e. The second kappa shape index (κ2) is 10.2. The van der Waals surface area contributed by atoms with Crippen molar-refractivity contribution in [2.75, 3.05) is 12.4 Å². The third-order valence-corrected chi connectivity index (χ3v) is 7.56. The van der Waals surface area contributed by atoms with E-state index >= 15 is 0 Å². The SMILES string of the molecule is COc1c(Cl)cc(C2C(C(=O)Nc3ccc(Cl)c(C(=O)Cc4ccc(F)cc4)c3)C2(Cl)Cl)cc1Cl. The molecule has 0 saturated heterocycles. The molecule has 2 unspecified atom stereocenters. The molecule has 4 nitrogen and oxygen atoms in total. The van der Waals surface area contributed by atoms with Crippen LogP contribution in [0.15, 0.2) is 54.6 Å². The lowest BCUT2D eigenvalue weighted by atomic mass is 10.0. The van der Waals surface area contributed by atoms with Gasteiger partial charge in [-0.2, -0.15) is 0 Å². The number of rotatable bonds is 7. The van der Waals surface area contributed by atoms with E-state index in [1.807, 2.05) is 0 Å². The number of anilines is 1. The van der Waals surface area contributed by atoms with Crippen molar-refractivity contribution >= 4 is 75.4 Å². The Morgan fingerprint density at radius 2 is 1.60 bits per heavy atom. The highest BCUT2D eigenvalue weighted by Gasteiger charge is 2.67. The van der Waals surface area contributed by atoms with Crippen LogP contribution in [0.1, 0.15) is 27.4 Å². The van der Waals surface area contributed by atoms with Crippen LogP contribution in [0.4, 0.5) is 10.1 Å². The van der Waals surface area contributed by atoms with Gasteiger partial charge in [0.15, 0.2) is 11.5 Å². The van der Waals surface area contributed by atoms with Crippen molar-refractivity contribution in [1.82, 2.24) is 0 Å². The molecule has 0 aromatic heterocycles. The van der Waals surface area contributed by atoms with Crippen molar-refractivity contribution < 1.29 is 18.7 Å². The molecule has 1 aliphatic carbocycles. The zero-order valence-electron chi connectivity index (χ0n) is 18.1. The topological polar surface area (TPSA) is 55.4 Å². The highest BCUT2D eigenvalue weighted by Crippen LogP contribution is 2.65. The molecular formula is C25H17Cl5FNO3. The summed E-state index contributed by atoms with van der Waals surface area (Å²) in [5, 5.41) is 3.51. The molecule has 10 heteroatoms. The van der Waals surface area contributed by atoms with Crippen molar-refractivity contribution in [3.8, 4) is 5.75 Å². The molecule has 2 atom stereocenters. The van der Waals surface area contributed by atoms with Crippen molar-refractivity contribution in [1.29, 1.82) is 0 Å². The summed E-state index contributed by atoms with van der Waals surface area (Å²) in [5.41, 5.74) is 1.80. The quantitative estimate of drug-likeness (QED) is 0.232. The summed E-state index contributed by atoms with van der Waals surface area (Å²) in [4.78, 5) is 25.8. The van der Waals surface area contributed by atoms with E-state index in [2.05, 4.69) is 5.32 Å². The Morgan fingerprint density at radius 3 is 2.20 bits per heavy atom. The lowest BCUT2D eigenvalue weighted by Crippen LogP contribution is -2.17. The molecule has 1 aliphatic rings. The molecule has 1 saturated carbocycles. The number of ketones is 1. The van der Waals surface area contributed by atoms with Crippen molar-refractivity contribution in [3.05, 3.63) is 92.2 Å². The van der Waals surface area contributed by atoms with E-state index in [9.17, 15) is 14.0 Å². The lowest BCUT2D eigenvalue weighted by molar-refractivity contribution is -0.117. The van der Waals surface area contributed by atoms with Crippen LogP contribution in [0.5, 0.6) is 5.75 Å². The Bertz CT molecular complexity index is 1290. The molecule has 4 rings (SSSR count). The number of hydrogen-bond acceptors (Lipinski definition) is 3. The van der Waals surface area contributed by atoms with Gasteiger partial charge in [-0.3, -0.25) is 9.59 Å². The Balaban J connectivity index is 1.51. The van der Waals surface area contributed by atoms with E-state index < -0.39 is 27.9 Å². The molecular weight excluding hydrogens is 559 g/mol. The van der Waals surface area contributed by atoms with Gasteiger partial charge in [0.2, 0.25) is 5.91 Å². The molecule has 1 amide bonds. The summed E-state index contributed by atoms with van der Waals surface area (Å²) in [6.07, 6.45) is 0.0214. The van der Waals surface area contributed by atoms with Gasteiger partial charge in [-0.1, -0.05) is 46.9 Å². The van der Waals surface area contributed by atoms with Crippen molar-refractivity contribution in [2.24, 2.45) is 5.92 Å². The average Bonchev–Trinajstić information content (AvgIpc) is 3.38. The maximum atomic E-state index is 13.1. The van der Waals surface area contributed by atoms with Gasteiger partial charge in [0.1, 0.15) is 10.2 Å². The minimum absolute atomic E-state index is 0.0214. The van der Waals surface area contributed by atoms with Gasteiger partial charge >= 0.3 is 0 Å². The smallest absolute Gasteiger partial charge is 0.231 e. The summed E-state index contributed by atoms with van der Waals surface area (Å²) in [6.45, 7) is 0. The molecule has 1 N–H and O–H groups in total. The van der Waals surface area contributed by atoms with Crippen LogP contribution in [-0.2, 0) is 11.2 Å². The van der Waals surface area contributed by atoms with Gasteiger partial charge in [-0.25, -0.2) is 4.39 Å². The molecule has 1 fully saturated rings. The van der Waals surface area contributed by atoms with Crippen LogP contribution >= 0.6 is 58.0 Å². The number of Topliss-reactive ketones (excluding diaryl/α,β-unsaturated/α-hetero) is 1. The molecule has 0 radical (unpaired) electrons. The molecule has 35 heavy (non-hydrogen) atoms. The summed E-state index contributed by atoms with van der Waals surface area (Å²) in [5.74, 6) is -2.15. The Labute approximate surface area is 226 Å².